The number of alkyl halides is 3. The minimum absolute atomic E-state index is 0.0182. The van der Waals surface area contributed by atoms with Crippen LogP contribution in [-0.2, 0) is 23.7 Å². The Bertz CT molecular complexity index is 1040. The Labute approximate surface area is 171 Å². The number of H-pyrrole nitrogens is 1. The van der Waals surface area contributed by atoms with Crippen molar-refractivity contribution in [1.29, 1.82) is 0 Å². The van der Waals surface area contributed by atoms with Crippen LogP contribution in [0.15, 0.2) is 36.4 Å². The van der Waals surface area contributed by atoms with E-state index in [2.05, 4.69) is 25.2 Å². The highest BCUT2D eigenvalue weighted by Gasteiger charge is 2.35. The van der Waals surface area contributed by atoms with Gasteiger partial charge in [0.05, 0.1) is 21.6 Å². The van der Waals surface area contributed by atoms with E-state index in [4.69, 9.17) is 17.3 Å². The third kappa shape index (κ3) is 5.25. The van der Waals surface area contributed by atoms with Crippen LogP contribution in [0.3, 0.4) is 0 Å². The van der Waals surface area contributed by atoms with E-state index in [1.807, 2.05) is 0 Å². The molecule has 154 valence electrons. The maximum atomic E-state index is 13.7. The molecule has 0 amide bonds. The summed E-state index contributed by atoms with van der Waals surface area (Å²) in [6.45, 7) is 0.325. The first-order valence-corrected chi connectivity index (χ1v) is 10.1. The molecule has 0 radical (unpaired) electrons. The molecular formula is C17H16ClF3N6OS. The topological polar surface area (TPSA) is 109 Å². The third-order valence-corrected chi connectivity index (χ3v) is 4.73. The van der Waals surface area contributed by atoms with E-state index in [0.717, 1.165) is 11.6 Å². The maximum absolute atomic E-state index is 13.7. The van der Waals surface area contributed by atoms with Crippen molar-refractivity contribution in [2.45, 2.75) is 12.7 Å². The van der Waals surface area contributed by atoms with Gasteiger partial charge in [-0.25, -0.2) is 14.0 Å². The van der Waals surface area contributed by atoms with Crippen LogP contribution in [0.1, 0.15) is 11.1 Å². The standard InChI is InChI=1S/C17H16ClF3N6OS/c1-29(28)23-8-9-2-4-10(5-3-9)14-12(17(19,20)21)6-11(7-13(14)18)24-16-25-15(22)26-27-16/h2-7,23H,8H2,1H3,(H4,22,24,25,26,27). The molecule has 1 aromatic heterocycles. The fourth-order valence-corrected chi connectivity index (χ4v) is 3.33. The Hall–Kier alpha value is -2.63. The predicted octanol–water partition coefficient (Wildman–Crippen LogP) is 3.85. The minimum Gasteiger partial charge on any atom is -0.368 e. The number of halogens is 4. The predicted molar refractivity (Wildman–Crippen MR) is 107 cm³/mol. The Morgan fingerprint density at radius 1 is 1.24 bits per heavy atom. The third-order valence-electron chi connectivity index (χ3n) is 3.88. The van der Waals surface area contributed by atoms with Crippen molar-refractivity contribution >= 4 is 40.2 Å². The average Bonchev–Trinajstić information content (AvgIpc) is 3.04. The highest BCUT2D eigenvalue weighted by Crippen LogP contribution is 2.43. The number of aromatic nitrogens is 3. The molecule has 3 aromatic rings. The van der Waals surface area contributed by atoms with Crippen molar-refractivity contribution in [3.05, 3.63) is 52.5 Å². The number of benzene rings is 2. The molecule has 1 atom stereocenters. The van der Waals surface area contributed by atoms with Gasteiger partial charge in [-0.15, -0.1) is 5.10 Å². The second-order valence-electron chi connectivity index (χ2n) is 6.02. The summed E-state index contributed by atoms with van der Waals surface area (Å²) in [6.07, 6.45) is -3.15. The van der Waals surface area contributed by atoms with Crippen LogP contribution >= 0.6 is 11.6 Å². The molecule has 0 aliphatic rings. The lowest BCUT2D eigenvalue weighted by Gasteiger charge is -2.17. The summed E-state index contributed by atoms with van der Waals surface area (Å²) in [7, 11) is -1.19. The number of rotatable bonds is 6. The van der Waals surface area contributed by atoms with Gasteiger partial charge in [-0.2, -0.15) is 18.2 Å². The molecule has 0 fully saturated rings. The smallest absolute Gasteiger partial charge is 0.368 e. The summed E-state index contributed by atoms with van der Waals surface area (Å²) in [5, 5.41) is 8.66. The fraction of sp³-hybridized carbons (Fsp3) is 0.176. The molecule has 2 aromatic carbocycles. The van der Waals surface area contributed by atoms with Gasteiger partial charge < -0.3 is 11.1 Å². The van der Waals surface area contributed by atoms with E-state index < -0.39 is 22.7 Å². The monoisotopic (exact) mass is 444 g/mol. The molecule has 0 aliphatic carbocycles. The first-order valence-electron chi connectivity index (χ1n) is 8.15. The van der Waals surface area contributed by atoms with Gasteiger partial charge in [0.15, 0.2) is 0 Å². The number of nitrogens with one attached hydrogen (secondary N) is 3. The first-order chi connectivity index (χ1) is 13.6. The van der Waals surface area contributed by atoms with Crippen LogP contribution in [0.25, 0.3) is 11.1 Å². The van der Waals surface area contributed by atoms with Crippen LogP contribution < -0.4 is 15.8 Å². The lowest BCUT2D eigenvalue weighted by molar-refractivity contribution is -0.137. The zero-order chi connectivity index (χ0) is 21.2. The van der Waals surface area contributed by atoms with Crippen LogP contribution in [0, 0.1) is 0 Å². The zero-order valence-corrected chi connectivity index (χ0v) is 16.5. The van der Waals surface area contributed by atoms with Gasteiger partial charge in [-0.05, 0) is 23.3 Å². The number of hydrogen-bond acceptors (Lipinski definition) is 5. The molecule has 29 heavy (non-hydrogen) atoms. The molecule has 0 bridgehead atoms. The van der Waals surface area contributed by atoms with Crippen LogP contribution in [-0.4, -0.2) is 25.6 Å². The molecular weight excluding hydrogens is 429 g/mol. The summed E-state index contributed by atoms with van der Waals surface area (Å²) in [5.74, 6) is 0.0392. The van der Waals surface area contributed by atoms with Gasteiger partial charge in [-0.1, -0.05) is 35.9 Å². The molecule has 1 unspecified atom stereocenters. The molecule has 12 heteroatoms. The number of hydrogen-bond donors (Lipinski definition) is 4. The summed E-state index contributed by atoms with van der Waals surface area (Å²) >= 11 is 6.22. The number of nitrogen functional groups attached to an aromatic ring is 1. The second kappa shape index (κ2) is 8.39. The van der Waals surface area contributed by atoms with E-state index in [9.17, 15) is 17.4 Å². The van der Waals surface area contributed by atoms with Gasteiger partial charge in [0.2, 0.25) is 11.9 Å². The van der Waals surface area contributed by atoms with E-state index >= 15 is 0 Å². The number of nitrogens with zero attached hydrogens (tertiary/aromatic N) is 2. The molecule has 0 spiro atoms. The van der Waals surface area contributed by atoms with Crippen LogP contribution in [0.2, 0.25) is 5.02 Å². The largest absolute Gasteiger partial charge is 0.417 e. The molecule has 0 saturated heterocycles. The van der Waals surface area contributed by atoms with Crippen molar-refractivity contribution in [2.75, 3.05) is 17.3 Å². The minimum atomic E-state index is -4.64. The highest BCUT2D eigenvalue weighted by atomic mass is 35.5. The van der Waals surface area contributed by atoms with Gasteiger partial charge in [0, 0.05) is 24.1 Å². The molecule has 1 heterocycles. The van der Waals surface area contributed by atoms with E-state index in [1.165, 1.54) is 24.5 Å². The van der Waals surface area contributed by atoms with Gasteiger partial charge in [-0.3, -0.25) is 0 Å². The Morgan fingerprint density at radius 2 is 1.93 bits per heavy atom. The lowest BCUT2D eigenvalue weighted by atomic mass is 9.97. The summed E-state index contributed by atoms with van der Waals surface area (Å²) in [4.78, 5) is 3.80. The fourth-order valence-electron chi connectivity index (χ4n) is 2.63. The van der Waals surface area contributed by atoms with Crippen molar-refractivity contribution in [3.8, 4) is 11.1 Å². The Kier molecular flexibility index (Phi) is 6.10. The van der Waals surface area contributed by atoms with Crippen molar-refractivity contribution in [2.24, 2.45) is 0 Å². The summed E-state index contributed by atoms with van der Waals surface area (Å²) in [6, 6.07) is 8.66. The van der Waals surface area contributed by atoms with Crippen molar-refractivity contribution in [3.63, 3.8) is 0 Å². The summed E-state index contributed by atoms with van der Waals surface area (Å²) < 4.78 is 55.1. The maximum Gasteiger partial charge on any atom is 0.417 e. The van der Waals surface area contributed by atoms with Crippen molar-refractivity contribution in [1.82, 2.24) is 19.9 Å². The summed E-state index contributed by atoms with van der Waals surface area (Å²) in [5.41, 5.74) is 5.51. The Balaban J connectivity index is 1.98. The molecule has 7 nitrogen and oxygen atoms in total. The second-order valence-corrected chi connectivity index (χ2v) is 7.62. The normalized spacial score (nSPS) is 12.7. The zero-order valence-electron chi connectivity index (χ0n) is 15.0. The number of aromatic amines is 1. The molecule has 5 N–H and O–H groups in total. The quantitative estimate of drug-likeness (QED) is 0.461. The molecule has 0 saturated carbocycles. The van der Waals surface area contributed by atoms with Gasteiger partial charge in [0.25, 0.3) is 0 Å². The Morgan fingerprint density at radius 3 is 2.48 bits per heavy atom. The van der Waals surface area contributed by atoms with Gasteiger partial charge >= 0.3 is 6.18 Å². The molecule has 3 rings (SSSR count). The van der Waals surface area contributed by atoms with Crippen LogP contribution in [0.4, 0.5) is 30.8 Å². The highest BCUT2D eigenvalue weighted by molar-refractivity contribution is 7.82. The first kappa shape index (κ1) is 21.1. The van der Waals surface area contributed by atoms with Gasteiger partial charge in [0.1, 0.15) is 0 Å². The van der Waals surface area contributed by atoms with Crippen molar-refractivity contribution < 1.29 is 17.4 Å². The number of anilines is 3. The van der Waals surface area contributed by atoms with Crippen LogP contribution in [0.5, 0.6) is 0 Å². The van der Waals surface area contributed by atoms with E-state index in [0.29, 0.717) is 12.1 Å². The SMILES string of the molecule is CS(=O)NCc1ccc(-c2c(Cl)cc(Nc3n[nH]c(N)n3)cc2C(F)(F)F)cc1. The van der Waals surface area contributed by atoms with E-state index in [1.54, 1.807) is 12.1 Å². The molecule has 0 aliphatic heterocycles. The van der Waals surface area contributed by atoms with E-state index in [-0.39, 0.29) is 28.2 Å². The average molecular weight is 445 g/mol. The lowest BCUT2D eigenvalue weighted by Crippen LogP contribution is -2.14. The number of nitrogens with two attached hydrogens (primary N) is 1.